The molecule has 0 atom stereocenters. The Kier molecular flexibility index (Phi) is 7.03. The normalized spacial score (nSPS) is 10.9. The number of methoxy groups -OCH3 is 1. The number of nitrogens with zero attached hydrogens (tertiary/aromatic N) is 1. The van der Waals surface area contributed by atoms with Crippen LogP contribution in [0.25, 0.3) is 0 Å². The average Bonchev–Trinajstić information content (AvgIpc) is 2.58. The third-order valence-corrected chi connectivity index (χ3v) is 3.66. The van der Waals surface area contributed by atoms with E-state index in [0.29, 0.717) is 23.6 Å². The van der Waals surface area contributed by atoms with Crippen molar-refractivity contribution in [2.45, 2.75) is 13.2 Å². The Balaban J connectivity index is 2.07. The van der Waals surface area contributed by atoms with E-state index in [1.54, 1.807) is 25.3 Å². The number of nitrogens with one attached hydrogen (secondary N) is 1. The summed E-state index contributed by atoms with van der Waals surface area (Å²) in [4.78, 5) is 2.12. The van der Waals surface area contributed by atoms with Crippen molar-refractivity contribution in [1.29, 1.82) is 0 Å². The van der Waals surface area contributed by atoms with Crippen LogP contribution < -0.4 is 14.8 Å². The molecular weight excluding hydrogens is 307 g/mol. The van der Waals surface area contributed by atoms with E-state index in [9.17, 15) is 4.39 Å². The molecule has 0 bridgehead atoms. The summed E-state index contributed by atoms with van der Waals surface area (Å²) in [5, 5.41) is 3.38. The van der Waals surface area contributed by atoms with Gasteiger partial charge in [0.15, 0.2) is 11.5 Å². The molecule has 0 aliphatic heterocycles. The van der Waals surface area contributed by atoms with Crippen molar-refractivity contribution < 1.29 is 13.9 Å². The Bertz CT molecular complexity index is 647. The van der Waals surface area contributed by atoms with Gasteiger partial charge < -0.3 is 19.7 Å². The Morgan fingerprint density at radius 1 is 1.04 bits per heavy atom. The molecule has 0 aromatic heterocycles. The van der Waals surface area contributed by atoms with Crippen molar-refractivity contribution in [2.24, 2.45) is 0 Å². The minimum atomic E-state index is -0.266. The quantitative estimate of drug-likeness (QED) is 0.716. The van der Waals surface area contributed by atoms with Gasteiger partial charge in [0.2, 0.25) is 0 Å². The molecule has 0 fully saturated rings. The first-order valence-electron chi connectivity index (χ1n) is 7.99. The van der Waals surface area contributed by atoms with E-state index in [-0.39, 0.29) is 12.4 Å². The molecule has 0 aliphatic rings. The topological polar surface area (TPSA) is 33.7 Å². The van der Waals surface area contributed by atoms with Gasteiger partial charge in [0.25, 0.3) is 0 Å². The lowest BCUT2D eigenvalue weighted by Crippen LogP contribution is -2.26. The van der Waals surface area contributed by atoms with E-state index in [0.717, 1.165) is 18.7 Å². The third-order valence-electron chi connectivity index (χ3n) is 3.66. The number of ether oxygens (including phenoxy) is 2. The molecule has 130 valence electrons. The van der Waals surface area contributed by atoms with E-state index < -0.39 is 0 Å². The highest BCUT2D eigenvalue weighted by Gasteiger charge is 2.12. The van der Waals surface area contributed by atoms with E-state index in [2.05, 4.69) is 10.2 Å². The van der Waals surface area contributed by atoms with Crippen molar-refractivity contribution in [3.63, 3.8) is 0 Å². The van der Waals surface area contributed by atoms with Crippen LogP contribution in [0, 0.1) is 5.82 Å². The molecule has 0 unspecified atom stereocenters. The SMILES string of the molecule is COc1cccc(CNCCN(C)C)c1OCc1ccccc1F. The number of para-hydroxylation sites is 1. The van der Waals surface area contributed by atoms with Gasteiger partial charge in [-0.2, -0.15) is 0 Å². The lowest BCUT2D eigenvalue weighted by atomic mass is 10.1. The van der Waals surface area contributed by atoms with Gasteiger partial charge in [0, 0.05) is 30.8 Å². The summed E-state index contributed by atoms with van der Waals surface area (Å²) in [5.74, 6) is 1.04. The molecule has 2 rings (SSSR count). The molecule has 0 aliphatic carbocycles. The summed E-state index contributed by atoms with van der Waals surface area (Å²) in [6, 6.07) is 12.4. The van der Waals surface area contributed by atoms with Gasteiger partial charge in [0.1, 0.15) is 12.4 Å². The summed E-state index contributed by atoms with van der Waals surface area (Å²) in [5.41, 5.74) is 1.51. The standard InChI is InChI=1S/C19H25FN2O2/c1-22(2)12-11-21-13-15-8-6-10-18(23-3)19(15)24-14-16-7-4-5-9-17(16)20/h4-10,21H,11-14H2,1-3H3. The van der Waals surface area contributed by atoms with Gasteiger partial charge in [0.05, 0.1) is 7.11 Å². The van der Waals surface area contributed by atoms with Gasteiger partial charge in [-0.3, -0.25) is 0 Å². The van der Waals surface area contributed by atoms with Crippen LogP contribution in [0.15, 0.2) is 42.5 Å². The van der Waals surface area contributed by atoms with Crippen molar-refractivity contribution in [2.75, 3.05) is 34.3 Å². The second kappa shape index (κ2) is 9.25. The predicted molar refractivity (Wildman–Crippen MR) is 94.0 cm³/mol. The van der Waals surface area contributed by atoms with Gasteiger partial charge in [-0.25, -0.2) is 4.39 Å². The molecule has 0 spiro atoms. The predicted octanol–water partition coefficient (Wildman–Crippen LogP) is 3.06. The molecule has 0 heterocycles. The lowest BCUT2D eigenvalue weighted by Gasteiger charge is -2.16. The van der Waals surface area contributed by atoms with Gasteiger partial charge in [-0.1, -0.05) is 30.3 Å². The Morgan fingerprint density at radius 2 is 1.79 bits per heavy atom. The Morgan fingerprint density at radius 3 is 2.50 bits per heavy atom. The number of likely N-dealkylation sites (N-methyl/N-ethyl adjacent to an activating group) is 1. The second-order valence-electron chi connectivity index (χ2n) is 5.81. The molecule has 0 saturated carbocycles. The molecule has 5 heteroatoms. The highest BCUT2D eigenvalue weighted by molar-refractivity contribution is 5.46. The number of benzene rings is 2. The zero-order chi connectivity index (χ0) is 17.4. The second-order valence-corrected chi connectivity index (χ2v) is 5.81. The summed E-state index contributed by atoms with van der Waals surface area (Å²) in [6.07, 6.45) is 0. The highest BCUT2D eigenvalue weighted by atomic mass is 19.1. The van der Waals surface area contributed by atoms with Gasteiger partial charge in [-0.05, 0) is 26.2 Å². The van der Waals surface area contributed by atoms with Crippen LogP contribution in [0.4, 0.5) is 4.39 Å². The van der Waals surface area contributed by atoms with Crippen molar-refractivity contribution >= 4 is 0 Å². The van der Waals surface area contributed by atoms with Crippen LogP contribution in [0.1, 0.15) is 11.1 Å². The smallest absolute Gasteiger partial charge is 0.166 e. The zero-order valence-electron chi connectivity index (χ0n) is 14.5. The minimum Gasteiger partial charge on any atom is -0.493 e. The molecule has 0 amide bonds. The molecule has 24 heavy (non-hydrogen) atoms. The van der Waals surface area contributed by atoms with E-state index >= 15 is 0 Å². The maximum atomic E-state index is 13.8. The van der Waals surface area contributed by atoms with E-state index in [1.165, 1.54) is 6.07 Å². The highest BCUT2D eigenvalue weighted by Crippen LogP contribution is 2.32. The maximum Gasteiger partial charge on any atom is 0.166 e. The summed E-state index contributed by atoms with van der Waals surface area (Å²) < 4.78 is 25.1. The molecule has 2 aromatic carbocycles. The molecular formula is C19H25FN2O2. The fourth-order valence-corrected chi connectivity index (χ4v) is 2.32. The molecule has 4 nitrogen and oxygen atoms in total. The van der Waals surface area contributed by atoms with E-state index in [4.69, 9.17) is 9.47 Å². The average molecular weight is 332 g/mol. The zero-order valence-corrected chi connectivity index (χ0v) is 14.5. The number of hydrogen-bond donors (Lipinski definition) is 1. The fraction of sp³-hybridized carbons (Fsp3) is 0.368. The van der Waals surface area contributed by atoms with Crippen LogP contribution in [-0.2, 0) is 13.2 Å². The fourth-order valence-electron chi connectivity index (χ4n) is 2.32. The Hall–Kier alpha value is -2.11. The first-order chi connectivity index (χ1) is 11.6. The molecule has 2 aromatic rings. The maximum absolute atomic E-state index is 13.8. The largest absolute Gasteiger partial charge is 0.493 e. The first-order valence-corrected chi connectivity index (χ1v) is 7.99. The van der Waals surface area contributed by atoms with Crippen LogP contribution in [0.3, 0.4) is 0 Å². The molecule has 0 radical (unpaired) electrons. The van der Waals surface area contributed by atoms with Crippen LogP contribution >= 0.6 is 0 Å². The van der Waals surface area contributed by atoms with Crippen molar-refractivity contribution in [3.8, 4) is 11.5 Å². The van der Waals surface area contributed by atoms with Crippen LogP contribution in [0.5, 0.6) is 11.5 Å². The van der Waals surface area contributed by atoms with Crippen LogP contribution in [-0.4, -0.2) is 39.2 Å². The summed E-state index contributed by atoms with van der Waals surface area (Å²) in [6.45, 7) is 2.65. The molecule has 0 saturated heterocycles. The lowest BCUT2D eigenvalue weighted by molar-refractivity contribution is 0.276. The number of halogens is 1. The van der Waals surface area contributed by atoms with Crippen molar-refractivity contribution in [3.05, 3.63) is 59.4 Å². The first kappa shape index (κ1) is 18.2. The third kappa shape index (κ3) is 5.22. The number of rotatable bonds is 9. The summed E-state index contributed by atoms with van der Waals surface area (Å²) in [7, 11) is 5.68. The van der Waals surface area contributed by atoms with Gasteiger partial charge >= 0.3 is 0 Å². The Labute approximate surface area is 143 Å². The number of hydrogen-bond acceptors (Lipinski definition) is 4. The van der Waals surface area contributed by atoms with Crippen LogP contribution in [0.2, 0.25) is 0 Å². The van der Waals surface area contributed by atoms with E-state index in [1.807, 2.05) is 32.3 Å². The van der Waals surface area contributed by atoms with Crippen molar-refractivity contribution in [1.82, 2.24) is 10.2 Å². The minimum absolute atomic E-state index is 0.164. The summed E-state index contributed by atoms with van der Waals surface area (Å²) >= 11 is 0. The monoisotopic (exact) mass is 332 g/mol. The molecule has 1 N–H and O–H groups in total. The van der Waals surface area contributed by atoms with Gasteiger partial charge in [-0.15, -0.1) is 0 Å².